The summed E-state index contributed by atoms with van der Waals surface area (Å²) < 4.78 is 0. The molecule has 22 heavy (non-hydrogen) atoms. The number of aliphatic imine (C=N–C) groups is 1. The summed E-state index contributed by atoms with van der Waals surface area (Å²) in [6, 6.07) is 0.620. The molecule has 2 aliphatic rings. The molecule has 1 unspecified atom stereocenters. The van der Waals surface area contributed by atoms with Gasteiger partial charge in [-0.3, -0.25) is 4.99 Å². The second-order valence-corrected chi connectivity index (χ2v) is 6.87. The van der Waals surface area contributed by atoms with Crippen molar-refractivity contribution in [3.63, 3.8) is 0 Å². The van der Waals surface area contributed by atoms with Crippen LogP contribution < -0.4 is 10.6 Å². The number of likely N-dealkylation sites (tertiary alicyclic amines) is 1. The van der Waals surface area contributed by atoms with Gasteiger partial charge in [0.2, 0.25) is 0 Å². The smallest absolute Gasteiger partial charge is 0.191 e. The molecule has 1 aliphatic carbocycles. The van der Waals surface area contributed by atoms with Crippen LogP contribution in [0.2, 0.25) is 0 Å². The standard InChI is InChI=1S/C17H34N4.HI/c1-4-18-17(20-16-8-6-14(3)7-9-16)19-12-15-10-11-21(5-2)13-15;/h14-16H,4-13H2,1-3H3,(H2,18,19,20);1H. The maximum Gasteiger partial charge on any atom is 0.191 e. The molecule has 0 aromatic rings. The zero-order valence-corrected chi connectivity index (χ0v) is 16.9. The van der Waals surface area contributed by atoms with E-state index in [1.54, 1.807) is 0 Å². The van der Waals surface area contributed by atoms with Crippen molar-refractivity contribution in [2.45, 2.75) is 58.9 Å². The predicted octanol–water partition coefficient (Wildman–Crippen LogP) is 3.08. The molecule has 0 radical (unpaired) electrons. The molecule has 0 aromatic heterocycles. The van der Waals surface area contributed by atoms with Gasteiger partial charge in [0.1, 0.15) is 0 Å². The Morgan fingerprint density at radius 2 is 1.86 bits per heavy atom. The van der Waals surface area contributed by atoms with Crippen LogP contribution in [0.4, 0.5) is 0 Å². The molecule has 130 valence electrons. The third-order valence-electron chi connectivity index (χ3n) is 5.03. The summed E-state index contributed by atoms with van der Waals surface area (Å²) in [6.07, 6.45) is 6.59. The number of nitrogens with one attached hydrogen (secondary N) is 2. The molecule has 0 amide bonds. The largest absolute Gasteiger partial charge is 0.357 e. The first-order chi connectivity index (χ1) is 10.2. The molecular formula is C17H35IN4. The highest BCUT2D eigenvalue weighted by molar-refractivity contribution is 14.0. The average molecular weight is 422 g/mol. The van der Waals surface area contributed by atoms with Crippen molar-refractivity contribution in [1.29, 1.82) is 0 Å². The number of hydrogen-bond acceptors (Lipinski definition) is 2. The molecule has 2 rings (SSSR count). The second kappa shape index (κ2) is 10.7. The first-order valence-corrected chi connectivity index (χ1v) is 8.98. The molecule has 4 nitrogen and oxygen atoms in total. The fourth-order valence-electron chi connectivity index (χ4n) is 3.49. The van der Waals surface area contributed by atoms with Crippen LogP contribution >= 0.6 is 24.0 Å². The molecule has 0 aromatic carbocycles. The lowest BCUT2D eigenvalue weighted by atomic mass is 9.87. The lowest BCUT2D eigenvalue weighted by Gasteiger charge is -2.28. The minimum absolute atomic E-state index is 0. The summed E-state index contributed by atoms with van der Waals surface area (Å²) in [5.74, 6) is 2.68. The van der Waals surface area contributed by atoms with Crippen LogP contribution in [0.15, 0.2) is 4.99 Å². The Labute approximate surface area is 153 Å². The number of nitrogens with zero attached hydrogens (tertiary/aromatic N) is 2. The molecule has 0 bridgehead atoms. The van der Waals surface area contributed by atoms with Gasteiger partial charge in [-0.05, 0) is 64.0 Å². The topological polar surface area (TPSA) is 39.7 Å². The maximum absolute atomic E-state index is 4.85. The van der Waals surface area contributed by atoms with Crippen molar-refractivity contribution in [3.8, 4) is 0 Å². The molecule has 1 heterocycles. The normalized spacial score (nSPS) is 30.0. The Morgan fingerprint density at radius 3 is 2.45 bits per heavy atom. The quantitative estimate of drug-likeness (QED) is 0.407. The van der Waals surface area contributed by atoms with E-state index in [1.807, 2.05) is 0 Å². The van der Waals surface area contributed by atoms with E-state index < -0.39 is 0 Å². The first kappa shape index (κ1) is 20.0. The molecule has 1 saturated heterocycles. The lowest BCUT2D eigenvalue weighted by molar-refractivity contribution is 0.329. The summed E-state index contributed by atoms with van der Waals surface area (Å²) >= 11 is 0. The Balaban J connectivity index is 0.00000242. The molecule has 5 heteroatoms. The molecule has 1 saturated carbocycles. The minimum atomic E-state index is 0. The maximum atomic E-state index is 4.85. The highest BCUT2D eigenvalue weighted by atomic mass is 127. The van der Waals surface area contributed by atoms with E-state index in [0.29, 0.717) is 6.04 Å². The molecule has 2 N–H and O–H groups in total. The van der Waals surface area contributed by atoms with Crippen LogP contribution in [0, 0.1) is 11.8 Å². The van der Waals surface area contributed by atoms with Gasteiger partial charge in [-0.25, -0.2) is 0 Å². The van der Waals surface area contributed by atoms with Gasteiger partial charge < -0.3 is 15.5 Å². The van der Waals surface area contributed by atoms with Crippen LogP contribution in [-0.2, 0) is 0 Å². The Kier molecular flexibility index (Phi) is 9.71. The number of rotatable bonds is 5. The van der Waals surface area contributed by atoms with Gasteiger partial charge in [0.05, 0.1) is 0 Å². The van der Waals surface area contributed by atoms with Gasteiger partial charge in [-0.15, -0.1) is 24.0 Å². The monoisotopic (exact) mass is 422 g/mol. The lowest BCUT2D eigenvalue weighted by Crippen LogP contribution is -2.45. The van der Waals surface area contributed by atoms with Crippen molar-refractivity contribution in [2.24, 2.45) is 16.8 Å². The summed E-state index contributed by atoms with van der Waals surface area (Å²) in [5, 5.41) is 7.07. The van der Waals surface area contributed by atoms with Crippen molar-refractivity contribution in [2.75, 3.05) is 32.7 Å². The van der Waals surface area contributed by atoms with Gasteiger partial charge in [0, 0.05) is 25.7 Å². The van der Waals surface area contributed by atoms with E-state index in [-0.39, 0.29) is 24.0 Å². The SMILES string of the molecule is CCNC(=NCC1CCN(CC)C1)NC1CCC(C)CC1.I. The average Bonchev–Trinajstić information content (AvgIpc) is 2.95. The molecular weight excluding hydrogens is 387 g/mol. The van der Waals surface area contributed by atoms with Crippen LogP contribution in [0.5, 0.6) is 0 Å². The molecule has 1 aliphatic heterocycles. The van der Waals surface area contributed by atoms with Crippen LogP contribution in [0.25, 0.3) is 0 Å². The number of guanidine groups is 1. The van der Waals surface area contributed by atoms with Crippen LogP contribution in [0.1, 0.15) is 52.9 Å². The van der Waals surface area contributed by atoms with Gasteiger partial charge >= 0.3 is 0 Å². The fraction of sp³-hybridized carbons (Fsp3) is 0.941. The van der Waals surface area contributed by atoms with Crippen molar-refractivity contribution >= 4 is 29.9 Å². The Morgan fingerprint density at radius 1 is 1.14 bits per heavy atom. The number of hydrogen-bond donors (Lipinski definition) is 2. The van der Waals surface area contributed by atoms with Crippen molar-refractivity contribution in [1.82, 2.24) is 15.5 Å². The third kappa shape index (κ3) is 6.60. The fourth-order valence-corrected chi connectivity index (χ4v) is 3.49. The van der Waals surface area contributed by atoms with Crippen LogP contribution in [0.3, 0.4) is 0 Å². The van der Waals surface area contributed by atoms with E-state index in [1.165, 1.54) is 51.7 Å². The minimum Gasteiger partial charge on any atom is -0.357 e. The van der Waals surface area contributed by atoms with E-state index in [4.69, 9.17) is 4.99 Å². The summed E-state index contributed by atoms with van der Waals surface area (Å²) in [5.41, 5.74) is 0. The zero-order chi connectivity index (χ0) is 15.1. The van der Waals surface area contributed by atoms with Gasteiger partial charge in [-0.2, -0.15) is 0 Å². The van der Waals surface area contributed by atoms with Crippen LogP contribution in [-0.4, -0.2) is 49.6 Å². The summed E-state index contributed by atoms with van der Waals surface area (Å²) in [6.45, 7) is 12.3. The first-order valence-electron chi connectivity index (χ1n) is 8.98. The van der Waals surface area contributed by atoms with E-state index in [0.717, 1.165) is 30.9 Å². The van der Waals surface area contributed by atoms with Gasteiger partial charge in [0.25, 0.3) is 0 Å². The van der Waals surface area contributed by atoms with E-state index in [9.17, 15) is 0 Å². The molecule has 2 fully saturated rings. The van der Waals surface area contributed by atoms with Gasteiger partial charge in [0.15, 0.2) is 5.96 Å². The predicted molar refractivity (Wildman–Crippen MR) is 106 cm³/mol. The highest BCUT2D eigenvalue weighted by Crippen LogP contribution is 2.23. The van der Waals surface area contributed by atoms with E-state index >= 15 is 0 Å². The van der Waals surface area contributed by atoms with Crippen molar-refractivity contribution in [3.05, 3.63) is 0 Å². The second-order valence-electron chi connectivity index (χ2n) is 6.87. The summed E-state index contributed by atoms with van der Waals surface area (Å²) in [4.78, 5) is 7.38. The van der Waals surface area contributed by atoms with Crippen molar-refractivity contribution < 1.29 is 0 Å². The Bertz CT molecular complexity index is 327. The zero-order valence-electron chi connectivity index (χ0n) is 14.6. The Hall–Kier alpha value is -0.0400. The van der Waals surface area contributed by atoms with E-state index in [2.05, 4.69) is 36.3 Å². The highest BCUT2D eigenvalue weighted by Gasteiger charge is 2.22. The molecule has 0 spiro atoms. The summed E-state index contributed by atoms with van der Waals surface area (Å²) in [7, 11) is 0. The molecule has 1 atom stereocenters. The van der Waals surface area contributed by atoms with Gasteiger partial charge in [-0.1, -0.05) is 13.8 Å². The number of halogens is 1. The third-order valence-corrected chi connectivity index (χ3v) is 5.03.